The van der Waals surface area contributed by atoms with Crippen molar-refractivity contribution in [3.05, 3.63) is 101 Å². The van der Waals surface area contributed by atoms with Gasteiger partial charge in [0.1, 0.15) is 11.4 Å². The van der Waals surface area contributed by atoms with Gasteiger partial charge in [-0.25, -0.2) is 4.98 Å². The number of ether oxygens (including phenoxy) is 1. The van der Waals surface area contributed by atoms with Crippen LogP contribution >= 0.6 is 0 Å². The van der Waals surface area contributed by atoms with E-state index in [1.165, 1.54) is 0 Å². The van der Waals surface area contributed by atoms with Gasteiger partial charge in [-0.2, -0.15) is 0 Å². The van der Waals surface area contributed by atoms with E-state index in [0.29, 0.717) is 12.1 Å². The molecule has 170 valence electrons. The maximum atomic E-state index is 13.3. The van der Waals surface area contributed by atoms with Crippen molar-refractivity contribution in [3.8, 4) is 5.75 Å². The average molecular weight is 450 g/mol. The standard InChI is InChI=1S/C29H27N3O2/c1-18-9-8-10-19(2)27(18)32-29(33)25-17-22-21-12-5-6-13-23(21)31-28(22)24(30-25)16-15-20-11-4-7-14-26(20)34-3/h4-14,17,31H,15-16H2,1-3H3,(H,32,33). The van der Waals surface area contributed by atoms with Crippen molar-refractivity contribution in [1.29, 1.82) is 0 Å². The van der Waals surface area contributed by atoms with Crippen LogP contribution in [0.5, 0.6) is 5.75 Å². The number of nitrogens with one attached hydrogen (secondary N) is 2. The second-order valence-corrected chi connectivity index (χ2v) is 8.58. The first kappa shape index (κ1) is 21.7. The zero-order valence-electron chi connectivity index (χ0n) is 19.6. The number of carbonyl (C=O) groups excluding carboxylic acids is 1. The van der Waals surface area contributed by atoms with Gasteiger partial charge in [0.25, 0.3) is 5.91 Å². The number of rotatable bonds is 6. The first-order chi connectivity index (χ1) is 16.5. The van der Waals surface area contributed by atoms with E-state index in [9.17, 15) is 4.79 Å². The summed E-state index contributed by atoms with van der Waals surface area (Å²) in [6, 6.07) is 24.0. The number of nitrogens with zero attached hydrogens (tertiary/aromatic N) is 1. The maximum absolute atomic E-state index is 13.3. The van der Waals surface area contributed by atoms with Crippen LogP contribution in [0, 0.1) is 13.8 Å². The van der Waals surface area contributed by atoms with E-state index in [0.717, 1.165) is 62.0 Å². The Labute approximate surface area is 198 Å². The van der Waals surface area contributed by atoms with Gasteiger partial charge in [0.05, 0.1) is 18.3 Å². The van der Waals surface area contributed by atoms with Gasteiger partial charge in [0.15, 0.2) is 0 Å². The SMILES string of the molecule is COc1ccccc1CCc1nc(C(=O)Nc2c(C)cccc2C)cc2c1[nH]c1ccccc12. The molecule has 0 spiro atoms. The Balaban J connectivity index is 1.57. The quantitative estimate of drug-likeness (QED) is 0.316. The third-order valence-electron chi connectivity index (χ3n) is 6.35. The number of benzene rings is 3. The lowest BCUT2D eigenvalue weighted by molar-refractivity contribution is 0.102. The highest BCUT2D eigenvalue weighted by atomic mass is 16.5. The number of hydrogen-bond donors (Lipinski definition) is 2. The lowest BCUT2D eigenvalue weighted by Gasteiger charge is -2.13. The van der Waals surface area contributed by atoms with E-state index in [2.05, 4.69) is 28.5 Å². The summed E-state index contributed by atoms with van der Waals surface area (Å²) in [5, 5.41) is 5.18. The zero-order valence-corrected chi connectivity index (χ0v) is 19.6. The Kier molecular flexibility index (Phi) is 5.76. The Bertz CT molecular complexity index is 1500. The number of amides is 1. The molecule has 0 radical (unpaired) electrons. The minimum absolute atomic E-state index is 0.205. The molecular formula is C29H27N3O2. The van der Waals surface area contributed by atoms with Gasteiger partial charge in [-0.3, -0.25) is 4.79 Å². The predicted octanol–water partition coefficient (Wildman–Crippen LogP) is 6.38. The summed E-state index contributed by atoms with van der Waals surface area (Å²) in [5.74, 6) is 0.655. The number of aromatic nitrogens is 2. The van der Waals surface area contributed by atoms with Gasteiger partial charge in [-0.15, -0.1) is 0 Å². The number of carbonyl (C=O) groups is 1. The third-order valence-corrected chi connectivity index (χ3v) is 6.35. The van der Waals surface area contributed by atoms with Crippen LogP contribution in [0.4, 0.5) is 5.69 Å². The molecular weight excluding hydrogens is 422 g/mol. The van der Waals surface area contributed by atoms with Gasteiger partial charge in [0.2, 0.25) is 0 Å². The number of aromatic amines is 1. The highest BCUT2D eigenvalue weighted by molar-refractivity contribution is 6.12. The number of methoxy groups -OCH3 is 1. The van der Waals surface area contributed by atoms with Crippen molar-refractivity contribution in [2.24, 2.45) is 0 Å². The summed E-state index contributed by atoms with van der Waals surface area (Å²) in [6.45, 7) is 4.00. The minimum atomic E-state index is -0.205. The van der Waals surface area contributed by atoms with Crippen molar-refractivity contribution < 1.29 is 9.53 Å². The first-order valence-electron chi connectivity index (χ1n) is 11.4. The van der Waals surface area contributed by atoms with Crippen LogP contribution in [-0.4, -0.2) is 23.0 Å². The molecule has 5 rings (SSSR count). The van der Waals surface area contributed by atoms with Gasteiger partial charge < -0.3 is 15.0 Å². The number of fused-ring (bicyclic) bond motifs is 3. The molecule has 34 heavy (non-hydrogen) atoms. The second kappa shape index (κ2) is 9.02. The van der Waals surface area contributed by atoms with Crippen LogP contribution in [0.15, 0.2) is 72.8 Å². The van der Waals surface area contributed by atoms with Crippen molar-refractivity contribution in [2.75, 3.05) is 12.4 Å². The Hall–Kier alpha value is -4.12. The van der Waals surface area contributed by atoms with Gasteiger partial charge in [-0.1, -0.05) is 54.6 Å². The van der Waals surface area contributed by atoms with E-state index in [1.54, 1.807) is 7.11 Å². The minimum Gasteiger partial charge on any atom is -0.496 e. The fourth-order valence-electron chi connectivity index (χ4n) is 4.56. The molecule has 0 aliphatic carbocycles. The topological polar surface area (TPSA) is 67.0 Å². The molecule has 0 bridgehead atoms. The largest absolute Gasteiger partial charge is 0.496 e. The molecule has 2 heterocycles. The van der Waals surface area contributed by atoms with Crippen LogP contribution in [-0.2, 0) is 12.8 Å². The highest BCUT2D eigenvalue weighted by Gasteiger charge is 2.17. The summed E-state index contributed by atoms with van der Waals surface area (Å²) in [6.07, 6.45) is 1.43. The number of para-hydroxylation sites is 3. The highest BCUT2D eigenvalue weighted by Crippen LogP contribution is 2.30. The number of aryl methyl sites for hydroxylation is 4. The third kappa shape index (κ3) is 4.01. The van der Waals surface area contributed by atoms with E-state index in [4.69, 9.17) is 9.72 Å². The molecule has 0 unspecified atom stereocenters. The van der Waals surface area contributed by atoms with Gasteiger partial charge >= 0.3 is 0 Å². The summed E-state index contributed by atoms with van der Waals surface area (Å²) >= 11 is 0. The van der Waals surface area contributed by atoms with E-state index >= 15 is 0 Å². The zero-order chi connectivity index (χ0) is 23.7. The normalized spacial score (nSPS) is 11.1. The molecule has 0 aliphatic rings. The van der Waals surface area contributed by atoms with Crippen LogP contribution in [0.2, 0.25) is 0 Å². The van der Waals surface area contributed by atoms with Crippen LogP contribution in [0.3, 0.4) is 0 Å². The molecule has 0 aliphatic heterocycles. The smallest absolute Gasteiger partial charge is 0.274 e. The summed E-state index contributed by atoms with van der Waals surface area (Å²) < 4.78 is 5.53. The fraction of sp³-hybridized carbons (Fsp3) is 0.172. The monoisotopic (exact) mass is 449 g/mol. The number of pyridine rings is 1. The van der Waals surface area contributed by atoms with E-state index in [-0.39, 0.29) is 5.91 Å². The average Bonchev–Trinajstić information content (AvgIpc) is 3.24. The molecule has 5 nitrogen and oxygen atoms in total. The molecule has 5 aromatic rings. The number of hydrogen-bond acceptors (Lipinski definition) is 3. The van der Waals surface area contributed by atoms with Crippen molar-refractivity contribution in [2.45, 2.75) is 26.7 Å². The molecule has 0 saturated heterocycles. The predicted molar refractivity (Wildman–Crippen MR) is 138 cm³/mol. The molecule has 0 atom stereocenters. The Morgan fingerprint density at radius 2 is 1.65 bits per heavy atom. The summed E-state index contributed by atoms with van der Waals surface area (Å²) in [7, 11) is 1.69. The molecule has 3 aromatic carbocycles. The number of anilines is 1. The van der Waals surface area contributed by atoms with Crippen molar-refractivity contribution >= 4 is 33.4 Å². The summed E-state index contributed by atoms with van der Waals surface area (Å²) in [5.41, 5.74) is 7.28. The van der Waals surface area contributed by atoms with Crippen LogP contribution in [0.25, 0.3) is 21.8 Å². The first-order valence-corrected chi connectivity index (χ1v) is 11.4. The lowest BCUT2D eigenvalue weighted by Crippen LogP contribution is -2.16. The van der Waals surface area contributed by atoms with E-state index in [1.807, 2.05) is 68.4 Å². The molecule has 1 amide bonds. The Morgan fingerprint density at radius 3 is 2.44 bits per heavy atom. The number of H-pyrrole nitrogens is 1. The van der Waals surface area contributed by atoms with E-state index < -0.39 is 0 Å². The maximum Gasteiger partial charge on any atom is 0.274 e. The molecule has 0 fully saturated rings. The van der Waals surface area contributed by atoms with Crippen LogP contribution in [0.1, 0.15) is 32.9 Å². The summed E-state index contributed by atoms with van der Waals surface area (Å²) in [4.78, 5) is 21.7. The Morgan fingerprint density at radius 1 is 0.912 bits per heavy atom. The molecule has 5 heteroatoms. The molecule has 2 N–H and O–H groups in total. The molecule has 2 aromatic heterocycles. The van der Waals surface area contributed by atoms with Crippen molar-refractivity contribution in [3.63, 3.8) is 0 Å². The van der Waals surface area contributed by atoms with Crippen LogP contribution < -0.4 is 10.1 Å². The molecule has 0 saturated carbocycles. The van der Waals surface area contributed by atoms with Gasteiger partial charge in [-0.05, 0) is 61.6 Å². The fourth-order valence-corrected chi connectivity index (χ4v) is 4.56. The van der Waals surface area contributed by atoms with Crippen molar-refractivity contribution in [1.82, 2.24) is 9.97 Å². The second-order valence-electron chi connectivity index (χ2n) is 8.58. The van der Waals surface area contributed by atoms with Gasteiger partial charge in [0, 0.05) is 22.0 Å². The lowest BCUT2D eigenvalue weighted by atomic mass is 10.0.